The Morgan fingerprint density at radius 1 is 1.32 bits per heavy atom. The zero-order chi connectivity index (χ0) is 14.5. The molecule has 0 amide bonds. The molecule has 1 heterocycles. The number of nitrogens with one attached hydrogen (secondary N) is 1. The number of rotatable bonds is 7. The highest BCUT2D eigenvalue weighted by Crippen LogP contribution is 2.23. The number of morpholine rings is 1. The lowest BCUT2D eigenvalue weighted by molar-refractivity contribution is -0.137. The highest BCUT2D eigenvalue weighted by molar-refractivity contribution is 4.85. The van der Waals surface area contributed by atoms with Crippen molar-refractivity contribution in [2.45, 2.75) is 72.1 Å². The highest BCUT2D eigenvalue weighted by atomic mass is 16.5. The predicted octanol–water partition coefficient (Wildman–Crippen LogP) is 2.90. The lowest BCUT2D eigenvalue weighted by Gasteiger charge is -2.44. The van der Waals surface area contributed by atoms with E-state index >= 15 is 0 Å². The van der Waals surface area contributed by atoms with Crippen LogP contribution in [0.15, 0.2) is 0 Å². The smallest absolute Gasteiger partial charge is 0.0757 e. The Morgan fingerprint density at radius 2 is 2.00 bits per heavy atom. The molecule has 1 fully saturated rings. The lowest BCUT2D eigenvalue weighted by atomic mass is 10.0. The second-order valence-electron chi connectivity index (χ2n) is 7.21. The second kappa shape index (κ2) is 7.61. The maximum Gasteiger partial charge on any atom is 0.0757 e. The van der Waals surface area contributed by atoms with Gasteiger partial charge in [0.05, 0.1) is 11.7 Å². The Labute approximate surface area is 120 Å². The van der Waals surface area contributed by atoms with Crippen molar-refractivity contribution >= 4 is 0 Å². The quantitative estimate of drug-likeness (QED) is 0.720. The Kier molecular flexibility index (Phi) is 6.78. The van der Waals surface area contributed by atoms with E-state index in [1.165, 1.54) is 12.8 Å². The monoisotopic (exact) mass is 270 g/mol. The first-order valence-electron chi connectivity index (χ1n) is 7.93. The predicted molar refractivity (Wildman–Crippen MR) is 82.6 cm³/mol. The highest BCUT2D eigenvalue weighted by Gasteiger charge is 2.32. The van der Waals surface area contributed by atoms with Crippen LogP contribution in [0.3, 0.4) is 0 Å². The molecule has 2 atom stereocenters. The zero-order valence-corrected chi connectivity index (χ0v) is 13.8. The lowest BCUT2D eigenvalue weighted by Crippen LogP contribution is -2.54. The van der Waals surface area contributed by atoms with Crippen molar-refractivity contribution in [1.29, 1.82) is 0 Å². The fraction of sp³-hybridized carbons (Fsp3) is 1.00. The number of nitrogens with zero attached hydrogens (tertiary/aromatic N) is 1. The molecular weight excluding hydrogens is 236 g/mol. The summed E-state index contributed by atoms with van der Waals surface area (Å²) in [5.74, 6) is 0.748. The van der Waals surface area contributed by atoms with Gasteiger partial charge in [0.1, 0.15) is 0 Å². The van der Waals surface area contributed by atoms with E-state index in [1.807, 2.05) is 0 Å². The molecule has 0 radical (unpaired) electrons. The Hall–Kier alpha value is -0.120. The van der Waals surface area contributed by atoms with Crippen molar-refractivity contribution in [1.82, 2.24) is 10.2 Å². The van der Waals surface area contributed by atoms with Crippen molar-refractivity contribution in [3.8, 4) is 0 Å². The summed E-state index contributed by atoms with van der Waals surface area (Å²) in [6.07, 6.45) is 2.89. The largest absolute Gasteiger partial charge is 0.370 e. The fourth-order valence-electron chi connectivity index (χ4n) is 2.93. The van der Waals surface area contributed by atoms with Gasteiger partial charge >= 0.3 is 0 Å². The van der Waals surface area contributed by atoms with Crippen LogP contribution in [0.4, 0.5) is 0 Å². The van der Waals surface area contributed by atoms with Gasteiger partial charge in [-0.25, -0.2) is 0 Å². The van der Waals surface area contributed by atoms with Crippen LogP contribution in [-0.4, -0.2) is 48.8 Å². The molecule has 0 saturated carbocycles. The van der Waals surface area contributed by atoms with Crippen LogP contribution in [0.2, 0.25) is 0 Å². The van der Waals surface area contributed by atoms with Crippen LogP contribution >= 0.6 is 0 Å². The maximum absolute atomic E-state index is 5.97. The van der Waals surface area contributed by atoms with Gasteiger partial charge in [0.15, 0.2) is 0 Å². The molecule has 0 aromatic heterocycles. The summed E-state index contributed by atoms with van der Waals surface area (Å²) in [5.41, 5.74) is 0.00180. The molecule has 19 heavy (non-hydrogen) atoms. The molecule has 1 aliphatic heterocycles. The molecule has 3 nitrogen and oxygen atoms in total. The average Bonchev–Trinajstić information content (AvgIpc) is 2.25. The van der Waals surface area contributed by atoms with Gasteiger partial charge in [0, 0.05) is 19.1 Å². The SMILES string of the molecule is CC(C)CNCCCC(C)N1CC(C)OC(C)(C)C1. The normalized spacial score (nSPS) is 25.7. The van der Waals surface area contributed by atoms with Crippen LogP contribution in [0.1, 0.15) is 54.4 Å². The van der Waals surface area contributed by atoms with Gasteiger partial charge in [0.25, 0.3) is 0 Å². The molecule has 0 aliphatic carbocycles. The van der Waals surface area contributed by atoms with Gasteiger partial charge in [-0.15, -0.1) is 0 Å². The molecule has 0 aromatic carbocycles. The molecule has 2 unspecified atom stereocenters. The minimum Gasteiger partial charge on any atom is -0.370 e. The third-order valence-electron chi connectivity index (χ3n) is 3.75. The van der Waals surface area contributed by atoms with E-state index in [-0.39, 0.29) is 5.60 Å². The van der Waals surface area contributed by atoms with Gasteiger partial charge in [0.2, 0.25) is 0 Å². The second-order valence-corrected chi connectivity index (χ2v) is 7.21. The van der Waals surface area contributed by atoms with Crippen molar-refractivity contribution in [2.75, 3.05) is 26.2 Å². The minimum absolute atomic E-state index is 0.00180. The Balaban J connectivity index is 2.23. The average molecular weight is 270 g/mol. The zero-order valence-electron chi connectivity index (χ0n) is 13.8. The molecular formula is C16H34N2O. The standard InChI is InChI=1S/C16H34N2O/c1-13(2)10-17-9-7-8-14(3)18-11-15(4)19-16(5,6)12-18/h13-15,17H,7-12H2,1-6H3. The fourth-order valence-corrected chi connectivity index (χ4v) is 2.93. The maximum atomic E-state index is 5.97. The summed E-state index contributed by atoms with van der Waals surface area (Å²) in [5, 5.41) is 3.52. The van der Waals surface area contributed by atoms with Crippen molar-refractivity contribution < 1.29 is 4.74 Å². The molecule has 1 rings (SSSR count). The summed E-state index contributed by atoms with van der Waals surface area (Å²) in [6.45, 7) is 17.9. The molecule has 3 heteroatoms. The molecule has 0 spiro atoms. The summed E-state index contributed by atoms with van der Waals surface area (Å²) in [7, 11) is 0. The van der Waals surface area contributed by atoms with E-state index in [0.29, 0.717) is 12.1 Å². The van der Waals surface area contributed by atoms with Crippen LogP contribution in [-0.2, 0) is 4.74 Å². The third-order valence-corrected chi connectivity index (χ3v) is 3.75. The molecule has 1 aliphatic rings. The Morgan fingerprint density at radius 3 is 2.58 bits per heavy atom. The van der Waals surface area contributed by atoms with Gasteiger partial charge in [-0.2, -0.15) is 0 Å². The van der Waals surface area contributed by atoms with E-state index in [9.17, 15) is 0 Å². The van der Waals surface area contributed by atoms with E-state index in [2.05, 4.69) is 51.8 Å². The number of hydrogen-bond donors (Lipinski definition) is 1. The van der Waals surface area contributed by atoms with E-state index in [0.717, 1.165) is 32.1 Å². The first-order valence-corrected chi connectivity index (χ1v) is 7.93. The third kappa shape index (κ3) is 6.73. The topological polar surface area (TPSA) is 24.5 Å². The first-order chi connectivity index (χ1) is 8.80. The molecule has 114 valence electrons. The molecule has 0 bridgehead atoms. The van der Waals surface area contributed by atoms with Crippen LogP contribution in [0.5, 0.6) is 0 Å². The number of hydrogen-bond acceptors (Lipinski definition) is 3. The first kappa shape index (κ1) is 16.9. The minimum atomic E-state index is 0.00180. The van der Waals surface area contributed by atoms with Crippen molar-refractivity contribution in [3.63, 3.8) is 0 Å². The van der Waals surface area contributed by atoms with Gasteiger partial charge in [-0.05, 0) is 59.5 Å². The van der Waals surface area contributed by atoms with Crippen LogP contribution in [0, 0.1) is 5.92 Å². The number of ether oxygens (including phenoxy) is 1. The summed E-state index contributed by atoms with van der Waals surface area (Å²) in [6, 6.07) is 0.659. The molecule has 1 N–H and O–H groups in total. The van der Waals surface area contributed by atoms with Gasteiger partial charge in [-0.1, -0.05) is 13.8 Å². The Bertz CT molecular complexity index is 253. The molecule has 0 aromatic rings. The summed E-state index contributed by atoms with van der Waals surface area (Å²) < 4.78 is 5.97. The van der Waals surface area contributed by atoms with Crippen LogP contribution < -0.4 is 5.32 Å². The van der Waals surface area contributed by atoms with E-state index in [4.69, 9.17) is 4.74 Å². The summed E-state index contributed by atoms with van der Waals surface area (Å²) >= 11 is 0. The summed E-state index contributed by atoms with van der Waals surface area (Å²) in [4.78, 5) is 2.59. The van der Waals surface area contributed by atoms with E-state index < -0.39 is 0 Å². The molecule has 1 saturated heterocycles. The van der Waals surface area contributed by atoms with Crippen molar-refractivity contribution in [2.24, 2.45) is 5.92 Å². The van der Waals surface area contributed by atoms with Gasteiger partial charge in [-0.3, -0.25) is 4.90 Å². The van der Waals surface area contributed by atoms with Crippen molar-refractivity contribution in [3.05, 3.63) is 0 Å². The van der Waals surface area contributed by atoms with Gasteiger partial charge < -0.3 is 10.1 Å². The van der Waals surface area contributed by atoms with Crippen LogP contribution in [0.25, 0.3) is 0 Å². The van der Waals surface area contributed by atoms with E-state index in [1.54, 1.807) is 0 Å².